The molecular formula is C16H27BrN6O. The van der Waals surface area contributed by atoms with Crippen molar-refractivity contribution < 1.29 is 4.74 Å². The summed E-state index contributed by atoms with van der Waals surface area (Å²) in [5, 5.41) is 3.45. The Labute approximate surface area is 152 Å². The molecule has 7 nitrogen and oxygen atoms in total. The van der Waals surface area contributed by atoms with Crippen LogP contribution in [0.15, 0.2) is 15.7 Å². The van der Waals surface area contributed by atoms with E-state index in [0.717, 1.165) is 49.6 Å². The number of nitrogens with zero attached hydrogens (tertiary/aromatic N) is 5. The highest BCUT2D eigenvalue weighted by molar-refractivity contribution is 9.10. The Morgan fingerprint density at radius 1 is 1.38 bits per heavy atom. The van der Waals surface area contributed by atoms with E-state index in [9.17, 15) is 0 Å². The molecule has 0 radical (unpaired) electrons. The molecule has 2 rings (SSSR count). The monoisotopic (exact) mass is 398 g/mol. The minimum atomic E-state index is 0.564. The van der Waals surface area contributed by atoms with Gasteiger partial charge in [0.25, 0.3) is 0 Å². The van der Waals surface area contributed by atoms with Gasteiger partial charge in [-0.15, -0.1) is 0 Å². The minimum absolute atomic E-state index is 0.564. The molecule has 1 saturated heterocycles. The van der Waals surface area contributed by atoms with Crippen molar-refractivity contribution in [1.29, 1.82) is 0 Å². The second kappa shape index (κ2) is 9.05. The molecule has 1 aromatic rings. The van der Waals surface area contributed by atoms with Crippen LogP contribution in [0, 0.1) is 5.92 Å². The average Bonchev–Trinajstić information content (AvgIpc) is 2.59. The van der Waals surface area contributed by atoms with Crippen LogP contribution in [0.2, 0.25) is 0 Å². The molecule has 24 heavy (non-hydrogen) atoms. The number of piperazine rings is 1. The molecule has 2 heterocycles. The van der Waals surface area contributed by atoms with Crippen LogP contribution in [-0.2, 0) is 0 Å². The summed E-state index contributed by atoms with van der Waals surface area (Å²) in [5.74, 6) is 2.94. The van der Waals surface area contributed by atoms with E-state index in [1.165, 1.54) is 0 Å². The van der Waals surface area contributed by atoms with E-state index < -0.39 is 0 Å². The second-order valence-electron chi connectivity index (χ2n) is 6.16. The first-order valence-corrected chi connectivity index (χ1v) is 9.11. The second-order valence-corrected chi connectivity index (χ2v) is 7.01. The standard InChI is InChI=1S/C16H27BrN6O/c1-12(2)5-6-19-15(18-3)22-7-9-23(10-8-22)16-20-11-13(17)14(21-16)24-4/h11-12H,5-10H2,1-4H3,(H,18,19). The average molecular weight is 399 g/mol. The number of anilines is 1. The third kappa shape index (κ3) is 4.96. The number of nitrogens with one attached hydrogen (secondary N) is 1. The first-order chi connectivity index (χ1) is 11.5. The molecule has 0 saturated carbocycles. The van der Waals surface area contributed by atoms with E-state index >= 15 is 0 Å². The van der Waals surface area contributed by atoms with Crippen LogP contribution in [-0.4, -0.2) is 67.7 Å². The fourth-order valence-corrected chi connectivity index (χ4v) is 2.91. The Hall–Kier alpha value is -1.57. The molecule has 1 fully saturated rings. The summed E-state index contributed by atoms with van der Waals surface area (Å²) < 4.78 is 6.02. The quantitative estimate of drug-likeness (QED) is 0.604. The molecule has 0 atom stereocenters. The maximum atomic E-state index is 5.25. The number of ether oxygens (including phenoxy) is 1. The third-order valence-electron chi connectivity index (χ3n) is 3.97. The number of hydrogen-bond donors (Lipinski definition) is 1. The highest BCUT2D eigenvalue weighted by atomic mass is 79.9. The van der Waals surface area contributed by atoms with Crippen LogP contribution < -0.4 is 15.0 Å². The van der Waals surface area contributed by atoms with Crippen molar-refractivity contribution in [3.05, 3.63) is 10.7 Å². The van der Waals surface area contributed by atoms with E-state index in [4.69, 9.17) is 4.74 Å². The fourth-order valence-electron chi connectivity index (χ4n) is 2.56. The summed E-state index contributed by atoms with van der Waals surface area (Å²) >= 11 is 3.39. The van der Waals surface area contributed by atoms with E-state index in [1.807, 2.05) is 7.05 Å². The molecule has 0 unspecified atom stereocenters. The Bertz CT molecular complexity index is 557. The van der Waals surface area contributed by atoms with Gasteiger partial charge < -0.3 is 19.9 Å². The van der Waals surface area contributed by atoms with Gasteiger partial charge in [0, 0.05) is 39.8 Å². The van der Waals surface area contributed by atoms with Gasteiger partial charge in [0.05, 0.1) is 17.8 Å². The van der Waals surface area contributed by atoms with E-state index in [2.05, 4.69) is 59.9 Å². The van der Waals surface area contributed by atoms with Crippen molar-refractivity contribution >= 4 is 27.8 Å². The molecule has 0 aromatic carbocycles. The van der Waals surface area contributed by atoms with Crippen molar-refractivity contribution in [3.63, 3.8) is 0 Å². The molecular weight excluding hydrogens is 372 g/mol. The summed E-state index contributed by atoms with van der Waals surface area (Å²) in [6.07, 6.45) is 2.88. The van der Waals surface area contributed by atoms with Crippen LogP contribution in [0.3, 0.4) is 0 Å². The molecule has 0 spiro atoms. The molecule has 0 bridgehead atoms. The van der Waals surface area contributed by atoms with Gasteiger partial charge in [-0.1, -0.05) is 13.8 Å². The van der Waals surface area contributed by atoms with Gasteiger partial charge in [-0.2, -0.15) is 4.98 Å². The van der Waals surface area contributed by atoms with Gasteiger partial charge >= 0.3 is 0 Å². The van der Waals surface area contributed by atoms with Crippen LogP contribution in [0.25, 0.3) is 0 Å². The summed E-state index contributed by atoms with van der Waals surface area (Å²) in [5.41, 5.74) is 0. The lowest BCUT2D eigenvalue weighted by molar-refractivity contribution is 0.365. The van der Waals surface area contributed by atoms with Gasteiger partial charge in [0.2, 0.25) is 11.8 Å². The normalized spacial score (nSPS) is 15.8. The molecule has 1 aromatic heterocycles. The van der Waals surface area contributed by atoms with Crippen LogP contribution in [0.1, 0.15) is 20.3 Å². The Morgan fingerprint density at radius 2 is 2.08 bits per heavy atom. The summed E-state index contributed by atoms with van der Waals surface area (Å²) in [6.45, 7) is 8.92. The number of hydrogen-bond acceptors (Lipinski definition) is 5. The minimum Gasteiger partial charge on any atom is -0.480 e. The van der Waals surface area contributed by atoms with Crippen molar-refractivity contribution in [2.75, 3.05) is 51.8 Å². The number of guanidine groups is 1. The van der Waals surface area contributed by atoms with Gasteiger partial charge in [-0.25, -0.2) is 4.98 Å². The topological polar surface area (TPSA) is 65.9 Å². The van der Waals surface area contributed by atoms with Crippen LogP contribution >= 0.6 is 15.9 Å². The van der Waals surface area contributed by atoms with Crippen molar-refractivity contribution in [3.8, 4) is 5.88 Å². The largest absolute Gasteiger partial charge is 0.480 e. The van der Waals surface area contributed by atoms with Crippen LogP contribution in [0.4, 0.5) is 5.95 Å². The highest BCUT2D eigenvalue weighted by Gasteiger charge is 2.22. The summed E-state index contributed by atoms with van der Waals surface area (Å²) in [6, 6.07) is 0. The predicted molar refractivity (Wildman–Crippen MR) is 101 cm³/mol. The lowest BCUT2D eigenvalue weighted by atomic mass is 10.1. The Balaban J connectivity index is 1.90. The molecule has 134 valence electrons. The molecule has 0 amide bonds. The lowest BCUT2D eigenvalue weighted by Gasteiger charge is -2.36. The molecule has 1 aliphatic heterocycles. The summed E-state index contributed by atoms with van der Waals surface area (Å²) in [7, 11) is 3.45. The summed E-state index contributed by atoms with van der Waals surface area (Å²) in [4.78, 5) is 17.7. The molecule has 1 aliphatic rings. The number of aliphatic imine (C=N–C) groups is 1. The predicted octanol–water partition coefficient (Wildman–Crippen LogP) is 1.99. The van der Waals surface area contributed by atoms with E-state index in [1.54, 1.807) is 13.3 Å². The highest BCUT2D eigenvalue weighted by Crippen LogP contribution is 2.23. The molecule has 8 heteroatoms. The maximum absolute atomic E-state index is 5.25. The lowest BCUT2D eigenvalue weighted by Crippen LogP contribution is -2.53. The maximum Gasteiger partial charge on any atom is 0.232 e. The zero-order valence-corrected chi connectivity index (χ0v) is 16.5. The van der Waals surface area contributed by atoms with Crippen LogP contribution in [0.5, 0.6) is 5.88 Å². The Kier molecular flexibility index (Phi) is 7.08. The molecule has 1 N–H and O–H groups in total. The number of rotatable bonds is 5. The zero-order valence-electron chi connectivity index (χ0n) is 14.9. The number of methoxy groups -OCH3 is 1. The van der Waals surface area contributed by atoms with Gasteiger partial charge in [-0.3, -0.25) is 4.99 Å². The number of halogens is 1. The van der Waals surface area contributed by atoms with Gasteiger partial charge in [0.1, 0.15) is 0 Å². The van der Waals surface area contributed by atoms with Crippen molar-refractivity contribution in [2.24, 2.45) is 10.9 Å². The van der Waals surface area contributed by atoms with Crippen molar-refractivity contribution in [2.45, 2.75) is 20.3 Å². The number of aromatic nitrogens is 2. The van der Waals surface area contributed by atoms with Gasteiger partial charge in [0.15, 0.2) is 5.96 Å². The molecule has 0 aliphatic carbocycles. The first-order valence-electron chi connectivity index (χ1n) is 8.32. The first kappa shape index (κ1) is 18.8. The van der Waals surface area contributed by atoms with Gasteiger partial charge in [-0.05, 0) is 28.3 Å². The Morgan fingerprint density at radius 3 is 2.67 bits per heavy atom. The zero-order chi connectivity index (χ0) is 17.5. The SMILES string of the molecule is CN=C(NCCC(C)C)N1CCN(c2ncc(Br)c(OC)n2)CC1. The van der Waals surface area contributed by atoms with E-state index in [-0.39, 0.29) is 0 Å². The van der Waals surface area contributed by atoms with E-state index in [0.29, 0.717) is 17.7 Å². The smallest absolute Gasteiger partial charge is 0.232 e. The van der Waals surface area contributed by atoms with Crippen molar-refractivity contribution in [1.82, 2.24) is 20.2 Å². The third-order valence-corrected chi connectivity index (χ3v) is 4.52. The fraction of sp³-hybridized carbons (Fsp3) is 0.688.